The summed E-state index contributed by atoms with van der Waals surface area (Å²) in [6.07, 6.45) is 6.29. The van der Waals surface area contributed by atoms with Crippen molar-refractivity contribution in [3.8, 4) is 5.75 Å². The number of amides is 1. The molecule has 2 heterocycles. The summed E-state index contributed by atoms with van der Waals surface area (Å²) in [4.78, 5) is 21.0. The van der Waals surface area contributed by atoms with Gasteiger partial charge in [0.15, 0.2) is 0 Å². The van der Waals surface area contributed by atoms with Crippen molar-refractivity contribution in [1.82, 2.24) is 9.88 Å². The van der Waals surface area contributed by atoms with Gasteiger partial charge in [-0.3, -0.25) is 4.79 Å². The Morgan fingerprint density at radius 2 is 2.16 bits per heavy atom. The zero-order chi connectivity index (χ0) is 17.2. The molecule has 1 aliphatic heterocycles. The number of ether oxygens (including phenoxy) is 1. The molecule has 0 saturated carbocycles. The quantitative estimate of drug-likeness (QED) is 0.843. The van der Waals surface area contributed by atoms with Crippen LogP contribution in [0.5, 0.6) is 5.75 Å². The Hall–Kier alpha value is -1.88. The first-order valence-corrected chi connectivity index (χ1v) is 9.95. The third-order valence-corrected chi connectivity index (χ3v) is 6.29. The number of aryl methyl sites for hydroxylation is 2. The lowest BCUT2D eigenvalue weighted by Crippen LogP contribution is -2.33. The monoisotopic (exact) mass is 356 g/mol. The second-order valence-electron chi connectivity index (χ2n) is 7.02. The number of thiazole rings is 1. The minimum Gasteiger partial charge on any atom is -0.493 e. The predicted octanol–water partition coefficient (Wildman–Crippen LogP) is 3.62. The van der Waals surface area contributed by atoms with Gasteiger partial charge in [-0.2, -0.15) is 0 Å². The smallest absolute Gasteiger partial charge is 0.226 e. The van der Waals surface area contributed by atoms with Crippen LogP contribution in [-0.2, 0) is 30.6 Å². The number of rotatable bonds is 3. The Morgan fingerprint density at radius 1 is 1.32 bits per heavy atom. The van der Waals surface area contributed by atoms with Crippen molar-refractivity contribution in [1.29, 1.82) is 0 Å². The molecule has 1 aromatic carbocycles. The molecular weight excluding hydrogens is 332 g/mol. The van der Waals surface area contributed by atoms with Gasteiger partial charge in [0.05, 0.1) is 18.8 Å². The zero-order valence-electron chi connectivity index (χ0n) is 14.7. The van der Waals surface area contributed by atoms with Crippen LogP contribution in [0.15, 0.2) is 24.3 Å². The molecule has 0 fully saturated rings. The highest BCUT2D eigenvalue weighted by molar-refractivity contribution is 7.11. The van der Waals surface area contributed by atoms with Crippen LogP contribution in [0.2, 0.25) is 0 Å². The number of fused-ring (bicyclic) bond motifs is 2. The maximum absolute atomic E-state index is 13.0. The van der Waals surface area contributed by atoms with Gasteiger partial charge < -0.3 is 9.64 Å². The number of carbonyl (C=O) groups excluding carboxylic acids is 1. The Balaban J connectivity index is 1.44. The summed E-state index contributed by atoms with van der Waals surface area (Å²) in [5.74, 6) is 1.12. The summed E-state index contributed by atoms with van der Waals surface area (Å²) in [6.45, 7) is 1.22. The number of carbonyl (C=O) groups is 1. The molecule has 1 amide bonds. The van der Waals surface area contributed by atoms with E-state index in [1.54, 1.807) is 11.3 Å². The average molecular weight is 356 g/mol. The maximum atomic E-state index is 13.0. The second-order valence-corrected chi connectivity index (χ2v) is 8.19. The third kappa shape index (κ3) is 3.56. The van der Waals surface area contributed by atoms with Gasteiger partial charge in [0.25, 0.3) is 0 Å². The molecule has 2 aliphatic rings. The zero-order valence-corrected chi connectivity index (χ0v) is 15.5. The fraction of sp³-hybridized carbons (Fsp3) is 0.500. The highest BCUT2D eigenvalue weighted by Crippen LogP contribution is 2.29. The summed E-state index contributed by atoms with van der Waals surface area (Å²) in [5.41, 5.74) is 2.40. The van der Waals surface area contributed by atoms with Crippen LogP contribution >= 0.6 is 11.3 Å². The van der Waals surface area contributed by atoms with E-state index in [2.05, 4.69) is 6.07 Å². The maximum Gasteiger partial charge on any atom is 0.226 e. The molecule has 1 aliphatic carbocycles. The van der Waals surface area contributed by atoms with Gasteiger partial charge in [-0.15, -0.1) is 11.3 Å². The van der Waals surface area contributed by atoms with E-state index in [1.807, 2.05) is 30.1 Å². The lowest BCUT2D eigenvalue weighted by molar-refractivity contribution is -0.135. The van der Waals surface area contributed by atoms with Crippen LogP contribution in [-0.4, -0.2) is 29.4 Å². The summed E-state index contributed by atoms with van der Waals surface area (Å²) < 4.78 is 5.80. The lowest BCUT2D eigenvalue weighted by Gasteiger charge is -2.21. The SMILES string of the molecule is CN(Cc1nc2c(s1)CCCC2)C(=O)[C@@H]1CCOc2ccccc2C1. The van der Waals surface area contributed by atoms with Gasteiger partial charge in [-0.05, 0) is 50.2 Å². The highest BCUT2D eigenvalue weighted by atomic mass is 32.1. The number of nitrogens with zero attached hydrogens (tertiary/aromatic N) is 2. The topological polar surface area (TPSA) is 42.4 Å². The van der Waals surface area contributed by atoms with E-state index in [0.717, 1.165) is 42.0 Å². The molecule has 0 spiro atoms. The fourth-order valence-electron chi connectivity index (χ4n) is 3.77. The van der Waals surface area contributed by atoms with E-state index >= 15 is 0 Å². The van der Waals surface area contributed by atoms with Crippen LogP contribution in [0.4, 0.5) is 0 Å². The highest BCUT2D eigenvalue weighted by Gasteiger charge is 2.27. The minimum atomic E-state index is -0.0109. The molecule has 1 aromatic heterocycles. The van der Waals surface area contributed by atoms with Gasteiger partial charge >= 0.3 is 0 Å². The summed E-state index contributed by atoms with van der Waals surface area (Å²) in [7, 11) is 1.90. The predicted molar refractivity (Wildman–Crippen MR) is 99.0 cm³/mol. The van der Waals surface area contributed by atoms with E-state index in [4.69, 9.17) is 9.72 Å². The van der Waals surface area contributed by atoms with Crippen molar-refractivity contribution in [2.75, 3.05) is 13.7 Å². The van der Waals surface area contributed by atoms with Gasteiger partial charge in [-0.25, -0.2) is 4.98 Å². The standard InChI is InChI=1S/C20H24N2O2S/c1-22(13-19-21-16-7-3-5-9-18(16)25-19)20(23)15-10-11-24-17-8-4-2-6-14(17)12-15/h2,4,6,8,15H,3,5,7,9-13H2,1H3/t15-/m1/s1. The Morgan fingerprint density at radius 3 is 3.04 bits per heavy atom. The molecule has 4 rings (SSSR count). The summed E-state index contributed by atoms with van der Waals surface area (Å²) in [5, 5.41) is 1.08. The first-order chi connectivity index (χ1) is 12.2. The van der Waals surface area contributed by atoms with Crippen molar-refractivity contribution in [3.63, 3.8) is 0 Å². The lowest BCUT2D eigenvalue weighted by atomic mass is 9.95. The van der Waals surface area contributed by atoms with Gasteiger partial charge in [-0.1, -0.05) is 18.2 Å². The number of para-hydroxylation sites is 1. The average Bonchev–Trinajstić information content (AvgIpc) is 2.90. The summed E-state index contributed by atoms with van der Waals surface area (Å²) >= 11 is 1.79. The van der Waals surface area contributed by atoms with Crippen molar-refractivity contribution in [3.05, 3.63) is 45.4 Å². The van der Waals surface area contributed by atoms with E-state index in [-0.39, 0.29) is 11.8 Å². The molecule has 0 saturated heterocycles. The molecule has 4 nitrogen and oxygen atoms in total. The molecule has 0 unspecified atom stereocenters. The van der Waals surface area contributed by atoms with Gasteiger partial charge in [0.1, 0.15) is 10.8 Å². The normalized spacial score (nSPS) is 19.3. The van der Waals surface area contributed by atoms with Crippen LogP contribution in [0, 0.1) is 5.92 Å². The van der Waals surface area contributed by atoms with E-state index in [1.165, 1.54) is 23.4 Å². The van der Waals surface area contributed by atoms with Crippen LogP contribution in [0.1, 0.15) is 40.4 Å². The minimum absolute atomic E-state index is 0.0109. The van der Waals surface area contributed by atoms with E-state index < -0.39 is 0 Å². The number of hydrogen-bond acceptors (Lipinski definition) is 4. The van der Waals surface area contributed by atoms with Crippen molar-refractivity contribution in [2.45, 2.75) is 45.1 Å². The van der Waals surface area contributed by atoms with Gasteiger partial charge in [0, 0.05) is 17.8 Å². The third-order valence-electron chi connectivity index (χ3n) is 5.15. The van der Waals surface area contributed by atoms with Crippen LogP contribution in [0.3, 0.4) is 0 Å². The van der Waals surface area contributed by atoms with Crippen molar-refractivity contribution < 1.29 is 9.53 Å². The van der Waals surface area contributed by atoms with Crippen LogP contribution in [0.25, 0.3) is 0 Å². The molecule has 0 N–H and O–H groups in total. The van der Waals surface area contributed by atoms with Crippen molar-refractivity contribution in [2.24, 2.45) is 5.92 Å². The number of aromatic nitrogens is 1. The number of hydrogen-bond donors (Lipinski definition) is 0. The molecule has 2 aromatic rings. The Labute approximate surface area is 152 Å². The Kier molecular flexibility index (Phi) is 4.75. The van der Waals surface area contributed by atoms with Gasteiger partial charge in [0.2, 0.25) is 5.91 Å². The number of benzene rings is 1. The molecule has 25 heavy (non-hydrogen) atoms. The molecule has 0 radical (unpaired) electrons. The molecule has 132 valence electrons. The largest absolute Gasteiger partial charge is 0.493 e. The molecular formula is C20H24N2O2S. The molecule has 1 atom stereocenters. The first-order valence-electron chi connectivity index (χ1n) is 9.14. The summed E-state index contributed by atoms with van der Waals surface area (Å²) in [6, 6.07) is 8.05. The molecule has 0 bridgehead atoms. The Bertz CT molecular complexity index is 747. The van der Waals surface area contributed by atoms with Crippen LogP contribution < -0.4 is 4.74 Å². The van der Waals surface area contributed by atoms with E-state index in [0.29, 0.717) is 13.2 Å². The fourth-order valence-corrected chi connectivity index (χ4v) is 4.98. The van der Waals surface area contributed by atoms with Crippen molar-refractivity contribution >= 4 is 17.2 Å². The van der Waals surface area contributed by atoms with E-state index in [9.17, 15) is 4.79 Å². The first kappa shape index (κ1) is 16.6. The molecule has 5 heteroatoms. The second kappa shape index (κ2) is 7.16.